The average molecular weight is 233 g/mol. The van der Waals surface area contributed by atoms with Gasteiger partial charge in [0.25, 0.3) is 0 Å². The summed E-state index contributed by atoms with van der Waals surface area (Å²) in [6.07, 6.45) is 7.39. The molecule has 1 aliphatic rings. The van der Waals surface area contributed by atoms with Crippen molar-refractivity contribution in [2.45, 2.75) is 31.7 Å². The Labute approximate surface area is 102 Å². The van der Waals surface area contributed by atoms with E-state index in [9.17, 15) is 4.79 Å². The van der Waals surface area contributed by atoms with E-state index in [2.05, 4.69) is 15.6 Å². The Morgan fingerprint density at radius 2 is 2.53 bits per heavy atom. The first-order valence-corrected chi connectivity index (χ1v) is 6.23. The Hall–Kier alpha value is -1.42. The smallest absolute Gasteiger partial charge is 0.224 e. The van der Waals surface area contributed by atoms with Gasteiger partial charge in [0.15, 0.2) is 0 Å². The van der Waals surface area contributed by atoms with E-state index in [0.717, 1.165) is 25.1 Å². The van der Waals surface area contributed by atoms with E-state index in [4.69, 9.17) is 0 Å². The third-order valence-electron chi connectivity index (χ3n) is 3.06. The number of nitrogens with zero attached hydrogens (tertiary/aromatic N) is 1. The number of hydrogen-bond donors (Lipinski definition) is 2. The summed E-state index contributed by atoms with van der Waals surface area (Å²) in [6.45, 7) is 1.88. The van der Waals surface area contributed by atoms with E-state index >= 15 is 0 Å². The molecule has 1 atom stereocenters. The molecular weight excluding hydrogens is 214 g/mol. The van der Waals surface area contributed by atoms with Crippen molar-refractivity contribution in [3.63, 3.8) is 0 Å². The highest BCUT2D eigenvalue weighted by molar-refractivity contribution is 5.78. The van der Waals surface area contributed by atoms with Crippen molar-refractivity contribution in [1.82, 2.24) is 15.6 Å². The molecule has 2 N–H and O–H groups in total. The van der Waals surface area contributed by atoms with Gasteiger partial charge >= 0.3 is 0 Å². The van der Waals surface area contributed by atoms with Crippen LogP contribution in [0.2, 0.25) is 0 Å². The van der Waals surface area contributed by atoms with E-state index in [1.54, 1.807) is 12.4 Å². The normalized spacial score (nSPS) is 19.2. The molecule has 0 spiro atoms. The highest BCUT2D eigenvalue weighted by Gasteiger charge is 2.13. The summed E-state index contributed by atoms with van der Waals surface area (Å²) in [4.78, 5) is 15.6. The van der Waals surface area contributed by atoms with Gasteiger partial charge < -0.3 is 10.6 Å². The van der Waals surface area contributed by atoms with Gasteiger partial charge in [0, 0.05) is 25.0 Å². The lowest BCUT2D eigenvalue weighted by molar-refractivity contribution is -0.120. The van der Waals surface area contributed by atoms with Crippen molar-refractivity contribution < 1.29 is 4.79 Å². The van der Waals surface area contributed by atoms with Crippen LogP contribution in [0.5, 0.6) is 0 Å². The molecule has 0 radical (unpaired) electrons. The molecule has 0 bridgehead atoms. The molecule has 1 amide bonds. The first kappa shape index (κ1) is 12.0. The van der Waals surface area contributed by atoms with Crippen LogP contribution >= 0.6 is 0 Å². The maximum absolute atomic E-state index is 11.6. The van der Waals surface area contributed by atoms with Gasteiger partial charge in [-0.3, -0.25) is 9.78 Å². The van der Waals surface area contributed by atoms with Crippen LogP contribution in [0, 0.1) is 0 Å². The fraction of sp³-hybridized carbons (Fsp3) is 0.538. The molecule has 0 unspecified atom stereocenters. The lowest BCUT2D eigenvalue weighted by Gasteiger charge is -2.10. The Kier molecular flexibility index (Phi) is 4.50. The van der Waals surface area contributed by atoms with E-state index in [0.29, 0.717) is 12.5 Å². The van der Waals surface area contributed by atoms with Crippen LogP contribution in [0.1, 0.15) is 24.8 Å². The summed E-state index contributed by atoms with van der Waals surface area (Å²) in [6, 6.07) is 4.37. The molecular formula is C13H19N3O. The molecule has 1 aromatic rings. The lowest BCUT2D eigenvalue weighted by Crippen LogP contribution is -2.31. The molecule has 2 heterocycles. The van der Waals surface area contributed by atoms with Gasteiger partial charge in [0.05, 0.1) is 6.42 Å². The Balaban J connectivity index is 1.64. The molecule has 4 nitrogen and oxygen atoms in total. The Morgan fingerprint density at radius 3 is 3.24 bits per heavy atom. The Morgan fingerprint density at radius 1 is 1.59 bits per heavy atom. The van der Waals surface area contributed by atoms with Gasteiger partial charge in [-0.25, -0.2) is 0 Å². The Bertz CT molecular complexity index is 347. The van der Waals surface area contributed by atoms with Gasteiger partial charge in [-0.05, 0) is 37.4 Å². The van der Waals surface area contributed by atoms with Crippen LogP contribution in [0.3, 0.4) is 0 Å². The second-order valence-electron chi connectivity index (χ2n) is 4.47. The molecule has 17 heavy (non-hydrogen) atoms. The predicted molar refractivity (Wildman–Crippen MR) is 66.6 cm³/mol. The third-order valence-corrected chi connectivity index (χ3v) is 3.06. The van der Waals surface area contributed by atoms with E-state index < -0.39 is 0 Å². The fourth-order valence-corrected chi connectivity index (χ4v) is 2.14. The lowest BCUT2D eigenvalue weighted by atomic mass is 10.1. The molecule has 0 aliphatic carbocycles. The summed E-state index contributed by atoms with van der Waals surface area (Å²) in [5, 5.41) is 6.37. The van der Waals surface area contributed by atoms with Crippen LogP contribution in [0.15, 0.2) is 24.5 Å². The molecule has 1 aromatic heterocycles. The molecule has 1 saturated heterocycles. The zero-order chi connectivity index (χ0) is 11.9. The van der Waals surface area contributed by atoms with Crippen LogP contribution in [0.25, 0.3) is 0 Å². The number of rotatable bonds is 5. The summed E-state index contributed by atoms with van der Waals surface area (Å²) in [7, 11) is 0. The first-order valence-electron chi connectivity index (χ1n) is 6.23. The van der Waals surface area contributed by atoms with Crippen molar-refractivity contribution in [2.75, 3.05) is 13.1 Å². The van der Waals surface area contributed by atoms with Gasteiger partial charge in [0.2, 0.25) is 5.91 Å². The van der Waals surface area contributed by atoms with Crippen LogP contribution in [-0.4, -0.2) is 30.0 Å². The largest absolute Gasteiger partial charge is 0.356 e. The summed E-state index contributed by atoms with van der Waals surface area (Å²) in [5.74, 6) is 0.0796. The van der Waals surface area contributed by atoms with E-state index in [1.807, 2.05) is 12.1 Å². The quantitative estimate of drug-likeness (QED) is 0.794. The topological polar surface area (TPSA) is 54.0 Å². The van der Waals surface area contributed by atoms with Crippen molar-refractivity contribution in [2.24, 2.45) is 0 Å². The number of carbonyl (C=O) groups is 1. The third kappa shape index (κ3) is 4.15. The molecule has 4 heteroatoms. The van der Waals surface area contributed by atoms with Gasteiger partial charge in [-0.15, -0.1) is 0 Å². The van der Waals surface area contributed by atoms with Crippen molar-refractivity contribution in [3.8, 4) is 0 Å². The molecule has 0 aromatic carbocycles. The summed E-state index contributed by atoms with van der Waals surface area (Å²) < 4.78 is 0. The first-order chi connectivity index (χ1) is 8.34. The zero-order valence-corrected chi connectivity index (χ0v) is 9.98. The van der Waals surface area contributed by atoms with Gasteiger partial charge in [-0.2, -0.15) is 0 Å². The summed E-state index contributed by atoms with van der Waals surface area (Å²) >= 11 is 0. The molecule has 0 saturated carbocycles. The van der Waals surface area contributed by atoms with Gasteiger partial charge in [-0.1, -0.05) is 6.07 Å². The number of carbonyl (C=O) groups excluding carboxylic acids is 1. The van der Waals surface area contributed by atoms with Crippen LogP contribution in [0.4, 0.5) is 0 Å². The molecule has 2 rings (SSSR count). The fourth-order valence-electron chi connectivity index (χ4n) is 2.14. The standard InChI is InChI=1S/C13H19N3O/c17-13(9-11-3-1-6-14-10-11)16-8-5-12-4-2-7-15-12/h1,3,6,10,12,15H,2,4-5,7-9H2,(H,16,17)/t12-/m0/s1. The van der Waals surface area contributed by atoms with E-state index in [1.165, 1.54) is 12.8 Å². The van der Waals surface area contributed by atoms with Gasteiger partial charge in [0.1, 0.15) is 0 Å². The number of amides is 1. The second-order valence-corrected chi connectivity index (χ2v) is 4.47. The minimum absolute atomic E-state index is 0.0796. The second kappa shape index (κ2) is 6.35. The number of aromatic nitrogens is 1. The molecule has 1 aliphatic heterocycles. The number of nitrogens with one attached hydrogen (secondary N) is 2. The van der Waals surface area contributed by atoms with Crippen LogP contribution in [-0.2, 0) is 11.2 Å². The highest BCUT2D eigenvalue weighted by Crippen LogP contribution is 2.07. The SMILES string of the molecule is O=C(Cc1cccnc1)NCC[C@@H]1CCCN1. The maximum atomic E-state index is 11.6. The van der Waals surface area contributed by atoms with Crippen molar-refractivity contribution >= 4 is 5.91 Å². The zero-order valence-electron chi connectivity index (χ0n) is 9.98. The average Bonchev–Trinajstić information content (AvgIpc) is 2.83. The number of hydrogen-bond acceptors (Lipinski definition) is 3. The van der Waals surface area contributed by atoms with Crippen LogP contribution < -0.4 is 10.6 Å². The monoisotopic (exact) mass is 233 g/mol. The maximum Gasteiger partial charge on any atom is 0.224 e. The van der Waals surface area contributed by atoms with Crippen molar-refractivity contribution in [3.05, 3.63) is 30.1 Å². The molecule has 1 fully saturated rings. The van der Waals surface area contributed by atoms with Crippen molar-refractivity contribution in [1.29, 1.82) is 0 Å². The number of pyridine rings is 1. The minimum atomic E-state index is 0.0796. The predicted octanol–water partition coefficient (Wildman–Crippen LogP) is 0.882. The minimum Gasteiger partial charge on any atom is -0.356 e. The highest BCUT2D eigenvalue weighted by atomic mass is 16.1. The summed E-state index contributed by atoms with van der Waals surface area (Å²) in [5.41, 5.74) is 0.962. The molecule has 92 valence electrons. The van der Waals surface area contributed by atoms with E-state index in [-0.39, 0.29) is 5.91 Å².